The van der Waals surface area contributed by atoms with E-state index in [0.29, 0.717) is 49.2 Å². The molecular formula is C31H22N6O4S. The second-order valence-electron chi connectivity index (χ2n) is 9.16. The largest absolute Gasteiger partial charge is 0.496 e. The summed E-state index contributed by atoms with van der Waals surface area (Å²) in [6, 6.07) is 19.8. The molecule has 0 aliphatic carbocycles. The van der Waals surface area contributed by atoms with Gasteiger partial charge in [0.1, 0.15) is 22.7 Å². The average Bonchev–Trinajstić information content (AvgIpc) is 3.40. The van der Waals surface area contributed by atoms with Gasteiger partial charge in [-0.25, -0.2) is 9.97 Å². The average molecular weight is 575 g/mol. The van der Waals surface area contributed by atoms with E-state index in [9.17, 15) is 14.9 Å². The van der Waals surface area contributed by atoms with Gasteiger partial charge in [-0.3, -0.25) is 19.9 Å². The Bertz CT molecular complexity index is 1950. The van der Waals surface area contributed by atoms with Crippen LogP contribution in [-0.4, -0.2) is 33.9 Å². The first-order chi connectivity index (χ1) is 20.3. The highest BCUT2D eigenvalue weighted by Gasteiger charge is 2.20. The Balaban J connectivity index is 1.50. The van der Waals surface area contributed by atoms with Crippen molar-refractivity contribution in [3.8, 4) is 40.3 Å². The molecule has 10 nitrogen and oxygen atoms in total. The molecule has 1 amide bonds. The van der Waals surface area contributed by atoms with Crippen molar-refractivity contribution < 1.29 is 19.1 Å². The molecule has 0 unspecified atom stereocenters. The number of anilines is 1. The molecule has 1 N–H and O–H groups in total. The number of rotatable bonds is 7. The van der Waals surface area contributed by atoms with Gasteiger partial charge >= 0.3 is 5.97 Å². The van der Waals surface area contributed by atoms with Crippen LogP contribution in [-0.2, 0) is 16.1 Å². The number of pyridine rings is 2. The molecule has 3 aromatic heterocycles. The maximum Gasteiger partial charge on any atom is 0.303 e. The van der Waals surface area contributed by atoms with Crippen molar-refractivity contribution in [2.75, 3.05) is 12.4 Å². The molecule has 206 valence electrons. The number of nitrogens with zero attached hydrogens (tertiary/aromatic N) is 5. The third-order valence-corrected chi connectivity index (χ3v) is 7.24. The van der Waals surface area contributed by atoms with Gasteiger partial charge in [-0.1, -0.05) is 17.4 Å². The van der Waals surface area contributed by atoms with Crippen LogP contribution < -0.4 is 10.1 Å². The Labute approximate surface area is 244 Å². The number of esters is 1. The lowest BCUT2D eigenvalue weighted by atomic mass is 9.97. The summed E-state index contributed by atoms with van der Waals surface area (Å²) < 4.78 is 10.6. The van der Waals surface area contributed by atoms with Crippen LogP contribution >= 0.6 is 11.3 Å². The van der Waals surface area contributed by atoms with Crippen molar-refractivity contribution in [1.82, 2.24) is 15.0 Å². The molecule has 5 rings (SSSR count). The topological polar surface area (TPSA) is 151 Å². The Morgan fingerprint density at radius 3 is 2.43 bits per heavy atom. The smallest absolute Gasteiger partial charge is 0.303 e. The second-order valence-corrected chi connectivity index (χ2v) is 10.1. The predicted octanol–water partition coefficient (Wildman–Crippen LogP) is 5.80. The van der Waals surface area contributed by atoms with E-state index in [1.807, 2.05) is 31.2 Å². The summed E-state index contributed by atoms with van der Waals surface area (Å²) in [6.45, 7) is 3.13. The van der Waals surface area contributed by atoms with E-state index < -0.39 is 11.9 Å². The van der Waals surface area contributed by atoms with Crippen LogP contribution in [0.4, 0.5) is 5.13 Å². The van der Waals surface area contributed by atoms with Crippen LogP contribution in [0.25, 0.3) is 32.7 Å². The van der Waals surface area contributed by atoms with Gasteiger partial charge in [-0.15, -0.1) is 0 Å². The highest BCUT2D eigenvalue weighted by molar-refractivity contribution is 7.22. The first-order valence-electron chi connectivity index (χ1n) is 12.6. The summed E-state index contributed by atoms with van der Waals surface area (Å²) in [5.41, 5.74) is 5.67. The third kappa shape index (κ3) is 5.77. The van der Waals surface area contributed by atoms with Gasteiger partial charge in [0, 0.05) is 29.8 Å². The van der Waals surface area contributed by atoms with Gasteiger partial charge < -0.3 is 9.47 Å². The van der Waals surface area contributed by atoms with Crippen LogP contribution in [0.15, 0.2) is 60.8 Å². The number of methoxy groups -OCH3 is 1. The van der Waals surface area contributed by atoms with Gasteiger partial charge in [0.2, 0.25) is 0 Å². The minimum atomic E-state index is -0.483. The summed E-state index contributed by atoms with van der Waals surface area (Å²) in [5.74, 6) is -0.503. The summed E-state index contributed by atoms with van der Waals surface area (Å²) in [4.78, 5) is 39.2. The molecule has 0 atom stereocenters. The third-order valence-electron chi connectivity index (χ3n) is 6.35. The summed E-state index contributed by atoms with van der Waals surface area (Å²) >= 11 is 1.22. The Morgan fingerprint density at radius 1 is 0.952 bits per heavy atom. The van der Waals surface area contributed by atoms with Crippen molar-refractivity contribution in [2.24, 2.45) is 0 Å². The van der Waals surface area contributed by atoms with E-state index in [-0.39, 0.29) is 12.2 Å². The van der Waals surface area contributed by atoms with Crippen LogP contribution in [0.3, 0.4) is 0 Å². The Hall–Kier alpha value is -5.65. The number of hydrogen-bond acceptors (Lipinski definition) is 10. The van der Waals surface area contributed by atoms with E-state index >= 15 is 0 Å². The predicted molar refractivity (Wildman–Crippen MR) is 157 cm³/mol. The lowest BCUT2D eigenvalue weighted by molar-refractivity contribution is -0.142. The molecule has 0 saturated heterocycles. The molecule has 0 saturated carbocycles. The number of amides is 1. The van der Waals surface area contributed by atoms with Crippen molar-refractivity contribution in [3.05, 3.63) is 88.7 Å². The van der Waals surface area contributed by atoms with Gasteiger partial charge in [0.25, 0.3) is 5.91 Å². The fourth-order valence-corrected chi connectivity index (χ4v) is 5.18. The molecule has 5 aromatic rings. The van der Waals surface area contributed by atoms with E-state index in [4.69, 9.17) is 19.7 Å². The minimum absolute atomic E-state index is 0.0882. The van der Waals surface area contributed by atoms with Crippen LogP contribution in [0.5, 0.6) is 5.75 Å². The van der Waals surface area contributed by atoms with E-state index in [1.165, 1.54) is 31.6 Å². The van der Waals surface area contributed by atoms with Crippen molar-refractivity contribution in [3.63, 3.8) is 0 Å². The molecule has 0 spiro atoms. The quantitative estimate of drug-likeness (QED) is 0.238. The number of aromatic nitrogens is 3. The highest BCUT2D eigenvalue weighted by Crippen LogP contribution is 2.35. The number of nitriles is 2. The normalized spacial score (nSPS) is 10.5. The van der Waals surface area contributed by atoms with Gasteiger partial charge in [0.05, 0.1) is 47.3 Å². The highest BCUT2D eigenvalue weighted by atomic mass is 32.1. The summed E-state index contributed by atoms with van der Waals surface area (Å²) in [6.07, 6.45) is 1.39. The molecule has 0 aliphatic rings. The molecule has 0 fully saturated rings. The number of thiazole rings is 1. The van der Waals surface area contributed by atoms with E-state index in [2.05, 4.69) is 27.4 Å². The zero-order valence-electron chi connectivity index (χ0n) is 22.8. The molecular weight excluding hydrogens is 552 g/mol. The minimum Gasteiger partial charge on any atom is -0.496 e. The molecule has 0 bridgehead atoms. The fraction of sp³-hybridized carbons (Fsp3) is 0.129. The van der Waals surface area contributed by atoms with Crippen LogP contribution in [0.1, 0.15) is 39.7 Å². The molecule has 0 radical (unpaired) electrons. The number of nitrogens with one attached hydrogen (secondary N) is 1. The van der Waals surface area contributed by atoms with Crippen LogP contribution in [0, 0.1) is 29.6 Å². The molecule has 11 heteroatoms. The maximum atomic E-state index is 13.6. The summed E-state index contributed by atoms with van der Waals surface area (Å²) in [5, 5.41) is 21.8. The molecule has 2 aromatic carbocycles. The number of fused-ring (bicyclic) bond motifs is 1. The van der Waals surface area contributed by atoms with Crippen LogP contribution in [0.2, 0.25) is 0 Å². The SMILES string of the molecule is COc1ccc(C#N)cc1-c1cc(COC(C)=O)ncc1C(=O)Nc1nc2ccc(-c3ccc(C#N)cc3C)nc2s1. The maximum absolute atomic E-state index is 13.6. The first kappa shape index (κ1) is 27.9. The van der Waals surface area contributed by atoms with Gasteiger partial charge in [-0.05, 0) is 61.0 Å². The number of carbonyl (C=O) groups is 2. The monoisotopic (exact) mass is 574 g/mol. The van der Waals surface area contributed by atoms with Gasteiger partial charge in [-0.2, -0.15) is 10.5 Å². The number of ether oxygens (including phenoxy) is 2. The van der Waals surface area contributed by atoms with Crippen molar-refractivity contribution in [2.45, 2.75) is 20.5 Å². The van der Waals surface area contributed by atoms with E-state index in [1.54, 1.807) is 30.3 Å². The summed E-state index contributed by atoms with van der Waals surface area (Å²) in [7, 11) is 1.49. The number of benzene rings is 2. The fourth-order valence-electron chi connectivity index (χ4n) is 4.35. The molecule has 3 heterocycles. The molecule has 42 heavy (non-hydrogen) atoms. The number of carbonyl (C=O) groups excluding carboxylic acids is 2. The van der Waals surface area contributed by atoms with E-state index in [0.717, 1.165) is 16.8 Å². The first-order valence-corrected chi connectivity index (χ1v) is 13.4. The zero-order chi connectivity index (χ0) is 29.8. The van der Waals surface area contributed by atoms with Crippen molar-refractivity contribution >= 4 is 38.7 Å². The Morgan fingerprint density at radius 2 is 1.71 bits per heavy atom. The second kappa shape index (κ2) is 11.8. The van der Waals surface area contributed by atoms with Crippen molar-refractivity contribution in [1.29, 1.82) is 10.5 Å². The molecule has 0 aliphatic heterocycles. The van der Waals surface area contributed by atoms with Gasteiger partial charge in [0.15, 0.2) is 5.13 Å². The number of hydrogen-bond donors (Lipinski definition) is 1. The zero-order valence-corrected chi connectivity index (χ0v) is 23.6. The Kier molecular flexibility index (Phi) is 7.87. The lowest BCUT2D eigenvalue weighted by Crippen LogP contribution is -2.14. The standard InChI is InChI=1S/C31H22N6O4S/c1-17-10-19(13-32)4-6-22(17)26-7-8-27-30(35-26)42-31(36-27)37-29(39)25-15-34-21(16-41-18(2)38)12-23(25)24-11-20(14-33)5-9-28(24)40-3/h4-12,15H,16H2,1-3H3,(H,36,37,39). The lowest BCUT2D eigenvalue weighted by Gasteiger charge is -2.14. The number of aryl methyl sites for hydroxylation is 1.